The maximum absolute atomic E-state index is 12.0. The predicted molar refractivity (Wildman–Crippen MR) is 71.1 cm³/mol. The molecule has 100 valence electrons. The molecule has 6 nitrogen and oxygen atoms in total. The Bertz CT molecular complexity index is 557. The summed E-state index contributed by atoms with van der Waals surface area (Å²) < 4.78 is 4.88. The van der Waals surface area contributed by atoms with Crippen molar-refractivity contribution in [2.45, 2.75) is 13.5 Å². The smallest absolute Gasteiger partial charge is 0.271 e. The molecule has 0 spiro atoms. The van der Waals surface area contributed by atoms with E-state index in [0.717, 1.165) is 0 Å². The van der Waals surface area contributed by atoms with Crippen LogP contribution in [0.3, 0.4) is 0 Å². The summed E-state index contributed by atoms with van der Waals surface area (Å²) in [6.45, 7) is 2.90. The SMILES string of the molecule is CCNc1ccc(Cl)c(C(=O)NCc2ccno2)n1. The summed E-state index contributed by atoms with van der Waals surface area (Å²) in [5, 5.41) is 9.54. The van der Waals surface area contributed by atoms with Crippen molar-refractivity contribution in [3.8, 4) is 0 Å². The van der Waals surface area contributed by atoms with Crippen LogP contribution in [0.25, 0.3) is 0 Å². The second kappa shape index (κ2) is 6.19. The Hall–Kier alpha value is -2.08. The molecule has 0 fully saturated rings. The van der Waals surface area contributed by atoms with Crippen LogP contribution in [-0.4, -0.2) is 22.6 Å². The van der Waals surface area contributed by atoms with Crippen molar-refractivity contribution >= 4 is 23.3 Å². The van der Waals surface area contributed by atoms with E-state index in [4.69, 9.17) is 16.1 Å². The molecule has 0 aliphatic rings. The monoisotopic (exact) mass is 280 g/mol. The van der Waals surface area contributed by atoms with Crippen molar-refractivity contribution in [1.82, 2.24) is 15.5 Å². The van der Waals surface area contributed by atoms with Crippen molar-refractivity contribution in [2.24, 2.45) is 0 Å². The van der Waals surface area contributed by atoms with Gasteiger partial charge in [0.1, 0.15) is 11.5 Å². The fourth-order valence-corrected chi connectivity index (χ4v) is 1.66. The summed E-state index contributed by atoms with van der Waals surface area (Å²) in [7, 11) is 0. The van der Waals surface area contributed by atoms with Crippen molar-refractivity contribution in [3.05, 3.63) is 40.9 Å². The molecule has 19 heavy (non-hydrogen) atoms. The first-order valence-corrected chi connectivity index (χ1v) is 6.16. The number of hydrogen-bond acceptors (Lipinski definition) is 5. The Morgan fingerprint density at radius 2 is 2.26 bits per heavy atom. The Morgan fingerprint density at radius 3 is 2.95 bits per heavy atom. The molecule has 2 heterocycles. The van der Waals surface area contributed by atoms with E-state index in [1.165, 1.54) is 6.20 Å². The Labute approximate surface area is 115 Å². The highest BCUT2D eigenvalue weighted by Gasteiger charge is 2.13. The van der Waals surface area contributed by atoms with Gasteiger partial charge in [0, 0.05) is 12.6 Å². The Morgan fingerprint density at radius 1 is 1.42 bits per heavy atom. The zero-order valence-corrected chi connectivity index (χ0v) is 11.1. The van der Waals surface area contributed by atoms with Crippen molar-refractivity contribution in [2.75, 3.05) is 11.9 Å². The number of aromatic nitrogens is 2. The highest BCUT2D eigenvalue weighted by Crippen LogP contribution is 2.16. The van der Waals surface area contributed by atoms with E-state index in [-0.39, 0.29) is 18.1 Å². The zero-order chi connectivity index (χ0) is 13.7. The van der Waals surface area contributed by atoms with Crippen LogP contribution in [0.15, 0.2) is 28.9 Å². The first kappa shape index (κ1) is 13.4. The number of nitrogens with zero attached hydrogens (tertiary/aromatic N) is 2. The first-order chi connectivity index (χ1) is 9.20. The van der Waals surface area contributed by atoms with E-state index < -0.39 is 0 Å². The summed E-state index contributed by atoms with van der Waals surface area (Å²) in [4.78, 5) is 16.1. The Balaban J connectivity index is 2.07. The lowest BCUT2D eigenvalue weighted by atomic mass is 10.3. The van der Waals surface area contributed by atoms with Gasteiger partial charge in [-0.1, -0.05) is 16.8 Å². The average Bonchev–Trinajstić information content (AvgIpc) is 2.92. The topological polar surface area (TPSA) is 80.0 Å². The summed E-state index contributed by atoms with van der Waals surface area (Å²) >= 11 is 5.96. The molecule has 0 bridgehead atoms. The molecule has 0 aliphatic carbocycles. The molecule has 0 radical (unpaired) electrons. The van der Waals surface area contributed by atoms with E-state index in [9.17, 15) is 4.79 Å². The molecule has 0 aromatic carbocycles. The van der Waals surface area contributed by atoms with Crippen molar-refractivity contribution < 1.29 is 9.32 Å². The minimum absolute atomic E-state index is 0.180. The fraction of sp³-hybridized carbons (Fsp3) is 0.250. The van der Waals surface area contributed by atoms with Crippen LogP contribution in [0.1, 0.15) is 23.2 Å². The van der Waals surface area contributed by atoms with Gasteiger partial charge in [-0.15, -0.1) is 0 Å². The fourth-order valence-electron chi connectivity index (χ4n) is 1.47. The van der Waals surface area contributed by atoms with Crippen LogP contribution in [0.4, 0.5) is 5.82 Å². The number of rotatable bonds is 5. The number of carbonyl (C=O) groups is 1. The second-order valence-corrected chi connectivity index (χ2v) is 4.13. The van der Waals surface area contributed by atoms with Crippen LogP contribution in [0, 0.1) is 0 Å². The lowest BCUT2D eigenvalue weighted by Gasteiger charge is -2.07. The van der Waals surface area contributed by atoms with Gasteiger partial charge in [0.2, 0.25) is 0 Å². The maximum atomic E-state index is 12.0. The maximum Gasteiger partial charge on any atom is 0.271 e. The van der Waals surface area contributed by atoms with Gasteiger partial charge in [0.25, 0.3) is 5.91 Å². The summed E-state index contributed by atoms with van der Waals surface area (Å²) in [6, 6.07) is 5.03. The number of carbonyl (C=O) groups excluding carboxylic acids is 1. The lowest BCUT2D eigenvalue weighted by Crippen LogP contribution is -2.24. The summed E-state index contributed by atoms with van der Waals surface area (Å²) in [6.07, 6.45) is 1.51. The van der Waals surface area contributed by atoms with E-state index in [1.807, 2.05) is 6.92 Å². The highest BCUT2D eigenvalue weighted by molar-refractivity contribution is 6.33. The molecule has 0 saturated heterocycles. The molecule has 2 aromatic heterocycles. The quantitative estimate of drug-likeness (QED) is 0.876. The third-order valence-corrected chi connectivity index (χ3v) is 2.64. The van der Waals surface area contributed by atoms with Gasteiger partial charge in [-0.05, 0) is 19.1 Å². The average molecular weight is 281 g/mol. The van der Waals surface area contributed by atoms with Gasteiger partial charge in [-0.3, -0.25) is 4.79 Å². The number of amides is 1. The van der Waals surface area contributed by atoms with E-state index in [1.54, 1.807) is 18.2 Å². The van der Waals surface area contributed by atoms with Gasteiger partial charge >= 0.3 is 0 Å². The molecule has 2 rings (SSSR count). The standard InChI is InChI=1S/C12H13ClN4O2/c1-2-14-10-4-3-9(13)11(17-10)12(18)15-7-8-5-6-16-19-8/h3-6H,2,7H2,1H3,(H,14,17)(H,15,18). The number of nitrogens with one attached hydrogen (secondary N) is 2. The highest BCUT2D eigenvalue weighted by atomic mass is 35.5. The van der Waals surface area contributed by atoms with Crippen molar-refractivity contribution in [3.63, 3.8) is 0 Å². The molecule has 2 aromatic rings. The van der Waals surface area contributed by atoms with Crippen LogP contribution in [-0.2, 0) is 6.54 Å². The minimum Gasteiger partial charge on any atom is -0.370 e. The Kier molecular flexibility index (Phi) is 4.35. The molecular weight excluding hydrogens is 268 g/mol. The number of anilines is 1. The van der Waals surface area contributed by atoms with E-state index in [2.05, 4.69) is 20.8 Å². The first-order valence-electron chi connectivity index (χ1n) is 5.79. The third kappa shape index (κ3) is 3.45. The van der Waals surface area contributed by atoms with Crippen LogP contribution in [0.2, 0.25) is 5.02 Å². The minimum atomic E-state index is -0.360. The number of pyridine rings is 1. The van der Waals surface area contributed by atoms with Gasteiger partial charge in [-0.25, -0.2) is 4.98 Å². The van der Waals surface area contributed by atoms with Gasteiger partial charge in [0.05, 0.1) is 17.8 Å². The lowest BCUT2D eigenvalue weighted by molar-refractivity contribution is 0.0942. The summed E-state index contributed by atoms with van der Waals surface area (Å²) in [5.41, 5.74) is 0.180. The number of hydrogen-bond donors (Lipinski definition) is 2. The van der Waals surface area contributed by atoms with Crippen LogP contribution >= 0.6 is 11.6 Å². The largest absolute Gasteiger partial charge is 0.370 e. The van der Waals surface area contributed by atoms with Crippen LogP contribution in [0.5, 0.6) is 0 Å². The molecule has 7 heteroatoms. The second-order valence-electron chi connectivity index (χ2n) is 3.72. The molecule has 0 saturated carbocycles. The van der Waals surface area contributed by atoms with Crippen LogP contribution < -0.4 is 10.6 Å². The third-order valence-electron chi connectivity index (χ3n) is 2.33. The van der Waals surface area contributed by atoms with Gasteiger partial charge in [-0.2, -0.15) is 0 Å². The molecule has 0 atom stereocenters. The molecule has 0 unspecified atom stereocenters. The normalized spacial score (nSPS) is 10.2. The zero-order valence-electron chi connectivity index (χ0n) is 10.3. The van der Waals surface area contributed by atoms with Crippen molar-refractivity contribution in [1.29, 1.82) is 0 Å². The van der Waals surface area contributed by atoms with E-state index in [0.29, 0.717) is 23.1 Å². The molecule has 1 amide bonds. The summed E-state index contributed by atoms with van der Waals surface area (Å²) in [5.74, 6) is 0.810. The molecular formula is C12H13ClN4O2. The van der Waals surface area contributed by atoms with E-state index >= 15 is 0 Å². The number of halogens is 1. The predicted octanol–water partition coefficient (Wildman–Crippen LogP) is 2.08. The molecule has 0 aliphatic heterocycles. The van der Waals surface area contributed by atoms with Gasteiger partial charge in [0.15, 0.2) is 5.76 Å². The van der Waals surface area contributed by atoms with Gasteiger partial charge < -0.3 is 15.2 Å². The molecule has 2 N–H and O–H groups in total.